The molecule has 0 saturated carbocycles. The number of carbonyl (C=O) groups excluding carboxylic acids is 4. The average Bonchev–Trinajstić information content (AvgIpc) is 3.53. The summed E-state index contributed by atoms with van der Waals surface area (Å²) in [5, 5.41) is 9.37. The number of H-pyrrole nitrogens is 1. The predicted octanol–water partition coefficient (Wildman–Crippen LogP) is 2.42. The molecular weight excluding hydrogens is 475 g/mol. The van der Waals surface area contributed by atoms with Gasteiger partial charge in [0.05, 0.1) is 17.8 Å². The van der Waals surface area contributed by atoms with Crippen LogP contribution in [0.4, 0.5) is 4.39 Å². The molecule has 1 aliphatic heterocycles. The van der Waals surface area contributed by atoms with Gasteiger partial charge >= 0.3 is 0 Å². The lowest BCUT2D eigenvalue weighted by molar-refractivity contribution is 0.0937. The van der Waals surface area contributed by atoms with Crippen molar-refractivity contribution in [1.82, 2.24) is 20.9 Å². The van der Waals surface area contributed by atoms with Crippen LogP contribution in [0.5, 0.6) is 0 Å². The van der Waals surface area contributed by atoms with E-state index in [4.69, 9.17) is 0 Å². The van der Waals surface area contributed by atoms with Crippen molar-refractivity contribution in [2.45, 2.75) is 31.3 Å². The molecular formula is C28H25FN4O4. The Bertz CT molecular complexity index is 1430. The molecule has 188 valence electrons. The second kappa shape index (κ2) is 11.8. The fourth-order valence-corrected chi connectivity index (χ4v) is 4.52. The van der Waals surface area contributed by atoms with Crippen LogP contribution in [-0.2, 0) is 20.8 Å². The molecule has 1 aromatic heterocycles. The Morgan fingerprint density at radius 1 is 1.11 bits per heavy atom. The van der Waals surface area contributed by atoms with Crippen molar-refractivity contribution in [1.29, 1.82) is 0 Å². The van der Waals surface area contributed by atoms with Gasteiger partial charge in [-0.3, -0.25) is 4.79 Å². The summed E-state index contributed by atoms with van der Waals surface area (Å²) in [5.41, 5.74) is 2.11. The number of aromatic amines is 1. The molecule has 37 heavy (non-hydrogen) atoms. The van der Waals surface area contributed by atoms with Crippen LogP contribution in [0.1, 0.15) is 28.9 Å². The van der Waals surface area contributed by atoms with Crippen molar-refractivity contribution in [2.75, 3.05) is 6.54 Å². The highest BCUT2D eigenvalue weighted by Gasteiger charge is 2.27. The highest BCUT2D eigenvalue weighted by Crippen LogP contribution is 2.23. The van der Waals surface area contributed by atoms with E-state index < -0.39 is 23.8 Å². The summed E-state index contributed by atoms with van der Waals surface area (Å²) < 4.78 is 13.6. The summed E-state index contributed by atoms with van der Waals surface area (Å²) in [7, 11) is 0. The summed E-state index contributed by atoms with van der Waals surface area (Å²) in [5.74, 6) is 4.43. The molecule has 4 N–H and O–H groups in total. The lowest BCUT2D eigenvalue weighted by Gasteiger charge is -2.25. The van der Waals surface area contributed by atoms with Crippen LogP contribution in [0.2, 0.25) is 0 Å². The molecule has 1 aliphatic rings. The van der Waals surface area contributed by atoms with Crippen LogP contribution >= 0.6 is 0 Å². The zero-order chi connectivity index (χ0) is 26.2. The minimum Gasteiger partial charge on any atom is -0.379 e. The van der Waals surface area contributed by atoms with Crippen LogP contribution in [0.15, 0.2) is 72.1 Å². The van der Waals surface area contributed by atoms with Gasteiger partial charge in [-0.05, 0) is 49.1 Å². The van der Waals surface area contributed by atoms with Crippen molar-refractivity contribution < 1.29 is 23.6 Å². The lowest BCUT2D eigenvalue weighted by atomic mass is 9.95. The molecule has 1 fully saturated rings. The molecule has 1 amide bonds. The third-order valence-electron chi connectivity index (χ3n) is 6.35. The molecule has 2 heterocycles. The van der Waals surface area contributed by atoms with Crippen LogP contribution in [0, 0.1) is 11.7 Å². The highest BCUT2D eigenvalue weighted by atomic mass is 19.1. The number of rotatable bonds is 10. The standard InChI is InChI=1S/C28H25FN4O4/c29-21-6-7-23-20(13-21)15-25(32-23)28(37)33-24(12-18-4-2-1-3-5-18)27(17-36)31-22(9-11-34)14-19-8-10-30-26(19)16-35/h1-7,9,13,15,19,22,24,30-32H,8,10,12,14H2,(H,33,37)/t19-,22+,24-/m0/s1. The van der Waals surface area contributed by atoms with Gasteiger partial charge in [0.2, 0.25) is 0 Å². The second-order valence-corrected chi connectivity index (χ2v) is 8.85. The zero-order valence-corrected chi connectivity index (χ0v) is 19.8. The van der Waals surface area contributed by atoms with Gasteiger partial charge in [0.15, 0.2) is 0 Å². The smallest absolute Gasteiger partial charge is 0.268 e. The number of fused-ring (bicyclic) bond motifs is 1. The summed E-state index contributed by atoms with van der Waals surface area (Å²) in [6, 6.07) is 13.5. The zero-order valence-electron chi connectivity index (χ0n) is 19.8. The largest absolute Gasteiger partial charge is 0.379 e. The number of hydrogen-bond donors (Lipinski definition) is 4. The maximum atomic E-state index is 13.6. The fourth-order valence-electron chi connectivity index (χ4n) is 4.52. The maximum absolute atomic E-state index is 13.6. The van der Waals surface area contributed by atoms with Crippen LogP contribution in [0.3, 0.4) is 0 Å². The Balaban J connectivity index is 1.58. The van der Waals surface area contributed by atoms with E-state index in [0.29, 0.717) is 36.0 Å². The third-order valence-corrected chi connectivity index (χ3v) is 6.35. The van der Waals surface area contributed by atoms with Crippen LogP contribution in [-0.4, -0.2) is 47.3 Å². The van der Waals surface area contributed by atoms with Gasteiger partial charge in [-0.15, -0.1) is 0 Å². The number of carbonyl (C=O) groups is 1. The van der Waals surface area contributed by atoms with Gasteiger partial charge in [-0.25, -0.2) is 18.8 Å². The molecule has 1 saturated heterocycles. The van der Waals surface area contributed by atoms with Gasteiger partial charge < -0.3 is 20.9 Å². The first kappa shape index (κ1) is 25.4. The molecule has 4 rings (SSSR count). The first-order valence-electron chi connectivity index (χ1n) is 11.8. The summed E-state index contributed by atoms with van der Waals surface area (Å²) in [4.78, 5) is 50.7. The summed E-state index contributed by atoms with van der Waals surface area (Å²) in [6.07, 6.45) is 2.53. The monoisotopic (exact) mass is 500 g/mol. The van der Waals surface area contributed by atoms with Crippen LogP contribution in [0.25, 0.3) is 10.9 Å². The van der Waals surface area contributed by atoms with E-state index in [9.17, 15) is 23.6 Å². The quantitative estimate of drug-likeness (QED) is 0.318. The number of amides is 1. The van der Waals surface area contributed by atoms with Gasteiger partial charge in [0.25, 0.3) is 5.91 Å². The first-order chi connectivity index (χ1) is 18.0. The van der Waals surface area contributed by atoms with E-state index in [1.54, 1.807) is 5.94 Å². The molecule has 0 spiro atoms. The topological polar surface area (TPSA) is 120 Å². The van der Waals surface area contributed by atoms with Crippen molar-refractivity contribution in [3.05, 3.63) is 89.1 Å². The average molecular weight is 501 g/mol. The predicted molar refractivity (Wildman–Crippen MR) is 136 cm³/mol. The molecule has 0 unspecified atom stereocenters. The van der Waals surface area contributed by atoms with Crippen LogP contribution < -0.4 is 16.0 Å². The van der Waals surface area contributed by atoms with Crippen molar-refractivity contribution in [3.8, 4) is 0 Å². The number of allylic oxidation sites excluding steroid dienone is 1. The maximum Gasteiger partial charge on any atom is 0.268 e. The third kappa shape index (κ3) is 6.31. The minimum absolute atomic E-state index is 0.0402. The molecule has 2 aromatic carbocycles. The Morgan fingerprint density at radius 2 is 1.92 bits per heavy atom. The summed E-state index contributed by atoms with van der Waals surface area (Å²) >= 11 is 0. The van der Waals surface area contributed by atoms with Gasteiger partial charge in [-0.1, -0.05) is 30.3 Å². The molecule has 3 aromatic rings. The van der Waals surface area contributed by atoms with Gasteiger partial charge in [0.1, 0.15) is 35.0 Å². The van der Waals surface area contributed by atoms with Crippen molar-refractivity contribution >= 4 is 34.6 Å². The van der Waals surface area contributed by atoms with E-state index >= 15 is 0 Å². The molecule has 3 atom stereocenters. The van der Waals surface area contributed by atoms with E-state index in [2.05, 4.69) is 20.9 Å². The Morgan fingerprint density at radius 3 is 2.65 bits per heavy atom. The Kier molecular flexibility index (Phi) is 8.14. The van der Waals surface area contributed by atoms with Crippen molar-refractivity contribution in [2.24, 2.45) is 5.92 Å². The number of hydrogen-bond acceptors (Lipinski definition) is 6. The first-order valence-corrected chi connectivity index (χ1v) is 11.8. The second-order valence-electron chi connectivity index (χ2n) is 8.85. The molecule has 0 radical (unpaired) electrons. The fraction of sp³-hybridized carbons (Fsp3) is 0.250. The minimum atomic E-state index is -0.819. The van der Waals surface area contributed by atoms with E-state index in [0.717, 1.165) is 5.56 Å². The molecule has 0 bridgehead atoms. The van der Waals surface area contributed by atoms with E-state index in [1.165, 1.54) is 30.3 Å². The number of halogens is 1. The number of benzene rings is 2. The molecule has 0 aliphatic carbocycles. The normalized spacial score (nSPS) is 16.0. The summed E-state index contributed by atoms with van der Waals surface area (Å²) in [6.45, 7) is 0.615. The van der Waals surface area contributed by atoms with Gasteiger partial charge in [0, 0.05) is 29.4 Å². The lowest BCUT2D eigenvalue weighted by Crippen LogP contribution is -2.45. The van der Waals surface area contributed by atoms with Crippen molar-refractivity contribution in [3.63, 3.8) is 0 Å². The Labute approximate surface area is 212 Å². The number of aromatic nitrogens is 1. The molecule has 8 nitrogen and oxygen atoms in total. The molecule has 9 heteroatoms. The Hall–Kier alpha value is -4.67. The van der Waals surface area contributed by atoms with E-state index in [-0.39, 0.29) is 23.7 Å². The highest BCUT2D eigenvalue weighted by molar-refractivity contribution is 5.98. The SMILES string of the molecule is O=C=C[C@H](C[C@@H]1CCNC1=C=O)NC(=C=O)[C@H](Cc1ccccc1)NC(=O)c1cc2cc(F)ccc2[nH]1. The number of nitrogens with one attached hydrogen (secondary N) is 4. The van der Waals surface area contributed by atoms with E-state index in [1.807, 2.05) is 42.2 Å². The van der Waals surface area contributed by atoms with Gasteiger partial charge in [-0.2, -0.15) is 0 Å².